The Morgan fingerprint density at radius 3 is 2.31 bits per heavy atom. The quantitative estimate of drug-likeness (QED) is 0.487. The van der Waals surface area contributed by atoms with Crippen LogP contribution in [0.3, 0.4) is 0 Å². The molecule has 0 N–H and O–H groups in total. The van der Waals surface area contributed by atoms with Crippen LogP contribution in [0.2, 0.25) is 5.32 Å². The summed E-state index contributed by atoms with van der Waals surface area (Å²) in [5, 5.41) is 1.35. The second kappa shape index (κ2) is 8.55. The monoisotopic (exact) mass is 412 g/mol. The number of rotatable bonds is 6. The van der Waals surface area contributed by atoms with Gasteiger partial charge in [0.1, 0.15) is 0 Å². The third kappa shape index (κ3) is 4.48. The average Bonchev–Trinajstić information content (AvgIpc) is 3.04. The summed E-state index contributed by atoms with van der Waals surface area (Å²) >= 11 is 0.588. The Hall–Kier alpha value is -1.37. The van der Waals surface area contributed by atoms with Crippen molar-refractivity contribution in [2.45, 2.75) is 56.3 Å². The minimum absolute atomic E-state index is 0.520. The van der Waals surface area contributed by atoms with Gasteiger partial charge < -0.3 is 0 Å². The predicted molar refractivity (Wildman–Crippen MR) is 112 cm³/mol. The molecular weight excluding hydrogens is 381 g/mol. The van der Waals surface area contributed by atoms with E-state index in [0.717, 1.165) is 6.04 Å². The molecule has 2 aromatic carbocycles. The molecule has 136 valence electrons. The molecular formula is C24H30NSe+. The van der Waals surface area contributed by atoms with E-state index in [1.807, 2.05) is 0 Å². The molecule has 4 rings (SSSR count). The van der Waals surface area contributed by atoms with Crippen LogP contribution in [0, 0.1) is 5.41 Å². The first-order chi connectivity index (χ1) is 12.8. The zero-order chi connectivity index (χ0) is 17.7. The SMILES string of the molecule is C1=[N+](CCc2ccccc2)C(C[Se]c2ccccc2)CC12CCCCC2. The van der Waals surface area contributed by atoms with Crippen molar-refractivity contribution < 1.29 is 4.58 Å². The third-order valence-corrected chi connectivity index (χ3v) is 8.51. The maximum atomic E-state index is 2.74. The molecule has 0 saturated heterocycles. The van der Waals surface area contributed by atoms with Gasteiger partial charge in [0, 0.05) is 0 Å². The number of hydrogen-bond donors (Lipinski definition) is 0. The fourth-order valence-electron chi connectivity index (χ4n) is 4.70. The van der Waals surface area contributed by atoms with E-state index in [4.69, 9.17) is 0 Å². The minimum atomic E-state index is 0.520. The molecule has 1 spiro atoms. The summed E-state index contributed by atoms with van der Waals surface area (Å²) in [7, 11) is 0. The summed E-state index contributed by atoms with van der Waals surface area (Å²) in [6.45, 7) is 1.18. The molecule has 1 nitrogen and oxygen atoms in total. The van der Waals surface area contributed by atoms with Gasteiger partial charge in [-0.25, -0.2) is 0 Å². The van der Waals surface area contributed by atoms with E-state index in [2.05, 4.69) is 71.5 Å². The van der Waals surface area contributed by atoms with Gasteiger partial charge in [-0.1, -0.05) is 0 Å². The maximum absolute atomic E-state index is 2.74. The van der Waals surface area contributed by atoms with E-state index >= 15 is 0 Å². The van der Waals surface area contributed by atoms with E-state index in [1.165, 1.54) is 62.4 Å². The summed E-state index contributed by atoms with van der Waals surface area (Å²) in [4.78, 5) is 0. The van der Waals surface area contributed by atoms with Crippen LogP contribution in [0.1, 0.15) is 44.1 Å². The van der Waals surface area contributed by atoms with Gasteiger partial charge in [0.25, 0.3) is 0 Å². The van der Waals surface area contributed by atoms with Crippen molar-refractivity contribution in [3.8, 4) is 0 Å². The second-order valence-corrected chi connectivity index (χ2v) is 10.3. The van der Waals surface area contributed by atoms with Crippen LogP contribution in [-0.2, 0) is 6.42 Å². The van der Waals surface area contributed by atoms with Gasteiger partial charge in [0.2, 0.25) is 0 Å². The molecule has 0 aromatic heterocycles. The van der Waals surface area contributed by atoms with Crippen LogP contribution >= 0.6 is 0 Å². The van der Waals surface area contributed by atoms with Gasteiger partial charge in [-0.3, -0.25) is 0 Å². The van der Waals surface area contributed by atoms with Crippen LogP contribution in [0.5, 0.6) is 0 Å². The van der Waals surface area contributed by atoms with Crippen molar-refractivity contribution in [1.82, 2.24) is 0 Å². The molecule has 0 bridgehead atoms. The van der Waals surface area contributed by atoms with Crippen molar-refractivity contribution in [3.05, 3.63) is 66.2 Å². The average molecular weight is 411 g/mol. The van der Waals surface area contributed by atoms with Gasteiger partial charge in [-0.15, -0.1) is 0 Å². The van der Waals surface area contributed by atoms with Gasteiger partial charge in [-0.05, 0) is 0 Å². The van der Waals surface area contributed by atoms with Crippen molar-refractivity contribution in [2.75, 3.05) is 6.54 Å². The molecule has 1 unspecified atom stereocenters. The van der Waals surface area contributed by atoms with Crippen LogP contribution < -0.4 is 4.46 Å². The number of nitrogens with zero attached hydrogens (tertiary/aromatic N) is 1. The Bertz CT molecular complexity index is 716. The summed E-state index contributed by atoms with van der Waals surface area (Å²) < 4.78 is 4.29. The zero-order valence-corrected chi connectivity index (χ0v) is 17.4. The van der Waals surface area contributed by atoms with E-state index < -0.39 is 0 Å². The molecule has 26 heavy (non-hydrogen) atoms. The van der Waals surface area contributed by atoms with Crippen LogP contribution in [0.25, 0.3) is 0 Å². The van der Waals surface area contributed by atoms with E-state index in [9.17, 15) is 0 Å². The van der Waals surface area contributed by atoms with E-state index in [-0.39, 0.29) is 0 Å². The van der Waals surface area contributed by atoms with Crippen molar-refractivity contribution in [1.29, 1.82) is 0 Å². The molecule has 1 fully saturated rings. The third-order valence-electron chi connectivity index (χ3n) is 6.09. The molecule has 0 amide bonds. The topological polar surface area (TPSA) is 3.01 Å². The first kappa shape index (κ1) is 18.0. The summed E-state index contributed by atoms with van der Waals surface area (Å²) in [5.74, 6) is 0. The van der Waals surface area contributed by atoms with Crippen LogP contribution in [0.4, 0.5) is 0 Å². The van der Waals surface area contributed by atoms with Gasteiger partial charge in [0.15, 0.2) is 0 Å². The Balaban J connectivity index is 1.44. The molecule has 1 atom stereocenters. The summed E-state index contributed by atoms with van der Waals surface area (Å²) in [5.41, 5.74) is 1.99. The first-order valence-corrected chi connectivity index (χ1v) is 12.2. The van der Waals surface area contributed by atoms with Gasteiger partial charge in [0.05, 0.1) is 0 Å². The zero-order valence-electron chi connectivity index (χ0n) is 15.6. The molecule has 2 aromatic rings. The van der Waals surface area contributed by atoms with Crippen molar-refractivity contribution in [3.63, 3.8) is 0 Å². The number of benzene rings is 2. The number of hydrogen-bond acceptors (Lipinski definition) is 0. The molecule has 1 heterocycles. The first-order valence-electron chi connectivity index (χ1n) is 10.2. The van der Waals surface area contributed by atoms with E-state index in [0.29, 0.717) is 20.4 Å². The normalized spacial score (nSPS) is 21.7. The summed E-state index contributed by atoms with van der Waals surface area (Å²) in [6.07, 6.45) is 12.4. The summed E-state index contributed by atoms with van der Waals surface area (Å²) in [6, 6.07) is 22.9. The Kier molecular flexibility index (Phi) is 5.92. The fraction of sp³-hybridized carbons (Fsp3) is 0.458. The standard InChI is InChI=1S/C24H30NSe/c1-4-10-21(11-5-1)14-17-25-20-24(15-8-3-9-16-24)18-22(25)19-26-23-12-6-2-7-13-23/h1-2,4-7,10-13,20,22H,3,8-9,14-19H2/q+1. The Labute approximate surface area is 164 Å². The molecule has 0 radical (unpaired) electrons. The van der Waals surface area contributed by atoms with Crippen molar-refractivity contribution >= 4 is 25.6 Å². The van der Waals surface area contributed by atoms with Crippen LogP contribution in [-0.4, -0.2) is 38.3 Å². The van der Waals surface area contributed by atoms with Crippen LogP contribution in [0.15, 0.2) is 60.7 Å². The molecule has 1 aliphatic heterocycles. The molecule has 2 aliphatic rings. The Morgan fingerprint density at radius 2 is 1.58 bits per heavy atom. The fourth-order valence-corrected chi connectivity index (χ4v) is 6.89. The van der Waals surface area contributed by atoms with Gasteiger partial charge >= 0.3 is 165 Å². The van der Waals surface area contributed by atoms with E-state index in [1.54, 1.807) is 4.46 Å². The van der Waals surface area contributed by atoms with Crippen molar-refractivity contribution in [2.24, 2.45) is 5.41 Å². The predicted octanol–water partition coefficient (Wildman–Crippen LogP) is 4.48. The molecule has 2 heteroatoms. The second-order valence-electron chi connectivity index (χ2n) is 8.01. The molecule has 1 saturated carbocycles. The molecule has 1 aliphatic carbocycles. The van der Waals surface area contributed by atoms with Gasteiger partial charge in [-0.2, -0.15) is 0 Å². The Morgan fingerprint density at radius 1 is 0.885 bits per heavy atom.